The van der Waals surface area contributed by atoms with Gasteiger partial charge in [-0.1, -0.05) is 30.3 Å². The first-order chi connectivity index (χ1) is 18.0. The minimum Gasteiger partial charge on any atom is -0.490 e. The Morgan fingerprint density at radius 2 is 1.61 bits per heavy atom. The Bertz CT molecular complexity index is 1180. The summed E-state index contributed by atoms with van der Waals surface area (Å²) in [6.07, 6.45) is -4.43. The number of hydrogen-bond donors (Lipinski definition) is 2. The molecule has 0 atom stereocenters. The van der Waals surface area contributed by atoms with E-state index in [1.807, 2.05) is 0 Å². The summed E-state index contributed by atoms with van der Waals surface area (Å²) in [6.45, 7) is 0.715. The highest BCUT2D eigenvalue weighted by atomic mass is 32.2. The van der Waals surface area contributed by atoms with Crippen molar-refractivity contribution < 1.29 is 41.1 Å². The van der Waals surface area contributed by atoms with Crippen LogP contribution < -0.4 is 14.8 Å². The fourth-order valence-corrected chi connectivity index (χ4v) is 7.06. The van der Waals surface area contributed by atoms with Crippen LogP contribution >= 0.6 is 0 Å². The van der Waals surface area contributed by atoms with E-state index in [-0.39, 0.29) is 44.3 Å². The van der Waals surface area contributed by atoms with Crippen molar-refractivity contribution in [1.29, 1.82) is 0 Å². The number of piperidine rings is 2. The lowest BCUT2D eigenvalue weighted by Gasteiger charge is -2.42. The van der Waals surface area contributed by atoms with E-state index in [1.54, 1.807) is 30.3 Å². The summed E-state index contributed by atoms with van der Waals surface area (Å²) >= 11 is 0. The monoisotopic (exact) mass is 557 g/mol. The van der Waals surface area contributed by atoms with E-state index in [2.05, 4.69) is 10.1 Å². The highest BCUT2D eigenvalue weighted by Gasteiger charge is 2.55. The van der Waals surface area contributed by atoms with Gasteiger partial charge >= 0.3 is 6.36 Å². The second-order valence-corrected chi connectivity index (χ2v) is 11.6. The van der Waals surface area contributed by atoms with Gasteiger partial charge in [0.25, 0.3) is 5.91 Å². The molecule has 2 N–H and O–H groups in total. The van der Waals surface area contributed by atoms with Gasteiger partial charge in [-0.25, -0.2) is 17.8 Å². The Morgan fingerprint density at radius 1 is 1.03 bits per heavy atom. The summed E-state index contributed by atoms with van der Waals surface area (Å²) in [6, 6.07) is 13.8. The van der Waals surface area contributed by atoms with E-state index in [9.17, 15) is 31.6 Å². The summed E-state index contributed by atoms with van der Waals surface area (Å²) in [5, 5.41) is 14.2. The smallest absolute Gasteiger partial charge is 0.490 e. The summed E-state index contributed by atoms with van der Waals surface area (Å²) in [5.74, 6) is -0.877. The molecular weight excluding hydrogens is 527 g/mol. The molecule has 2 aromatic rings. The van der Waals surface area contributed by atoms with Crippen molar-refractivity contribution in [3.05, 3.63) is 60.2 Å². The first-order valence-electron chi connectivity index (χ1n) is 12.3. The molecule has 2 fully saturated rings. The van der Waals surface area contributed by atoms with Gasteiger partial charge in [-0.05, 0) is 68.6 Å². The Balaban J connectivity index is 1.41. The Morgan fingerprint density at radius 3 is 2.18 bits per heavy atom. The Hall–Kier alpha value is -2.87. The number of hydrogen-bond acceptors (Lipinski definition) is 7. The molecule has 9 nitrogen and oxygen atoms in total. The molecule has 0 aromatic heterocycles. The van der Waals surface area contributed by atoms with Crippen LogP contribution in [-0.4, -0.2) is 72.3 Å². The van der Waals surface area contributed by atoms with Gasteiger partial charge in [-0.15, -0.1) is 13.2 Å². The number of amides is 1. The van der Waals surface area contributed by atoms with Crippen LogP contribution in [0, 0.1) is 0 Å². The number of alkyl halides is 3. The largest absolute Gasteiger partial charge is 0.573 e. The van der Waals surface area contributed by atoms with Crippen molar-refractivity contribution in [2.24, 2.45) is 0 Å². The van der Waals surface area contributed by atoms with Crippen molar-refractivity contribution in [1.82, 2.24) is 14.7 Å². The minimum absolute atomic E-state index is 0.0305. The summed E-state index contributed by atoms with van der Waals surface area (Å²) in [7, 11) is -4.14. The molecule has 0 saturated carbocycles. The third-order valence-electron chi connectivity index (χ3n) is 6.81. The number of carbonyl (C=O) groups is 1. The van der Waals surface area contributed by atoms with Gasteiger partial charge in [-0.3, -0.25) is 10.0 Å². The molecule has 2 aromatic carbocycles. The molecule has 38 heavy (non-hydrogen) atoms. The van der Waals surface area contributed by atoms with Crippen molar-refractivity contribution >= 4 is 15.9 Å². The van der Waals surface area contributed by atoms with Gasteiger partial charge < -0.3 is 14.8 Å². The number of carbonyl (C=O) groups excluding carboxylic acids is 1. The topological polar surface area (TPSA) is 108 Å². The third-order valence-corrected chi connectivity index (χ3v) is 9.42. The molecule has 4 rings (SSSR count). The molecule has 0 spiro atoms. The molecule has 2 aliphatic heterocycles. The standard InChI is InChI=1S/C25H30F3N3O6S/c26-25(27,28)37-22-8-6-20(7-9-22)36-21-10-16-30(17-11-21)38(34,35)24(12-14-29-15-13-24)23(32)31(33)18-19-4-2-1-3-5-19/h1-9,21,29,33H,10-18H2. The van der Waals surface area contributed by atoms with Crippen molar-refractivity contribution in [3.8, 4) is 11.5 Å². The lowest BCUT2D eigenvalue weighted by atomic mass is 9.95. The maximum atomic E-state index is 13.9. The van der Waals surface area contributed by atoms with E-state index < -0.39 is 27.0 Å². The lowest BCUT2D eigenvalue weighted by Crippen LogP contribution is -2.62. The first kappa shape index (κ1) is 28.1. The fraction of sp³-hybridized carbons (Fsp3) is 0.480. The van der Waals surface area contributed by atoms with Gasteiger partial charge in [0.15, 0.2) is 4.75 Å². The zero-order valence-electron chi connectivity index (χ0n) is 20.6. The number of nitrogens with one attached hydrogen (secondary N) is 1. The third kappa shape index (κ3) is 6.40. The van der Waals surface area contributed by atoms with E-state index in [1.165, 1.54) is 16.4 Å². The zero-order valence-corrected chi connectivity index (χ0v) is 21.4. The van der Waals surface area contributed by atoms with Crippen LogP contribution in [0.15, 0.2) is 54.6 Å². The van der Waals surface area contributed by atoms with Gasteiger partial charge in [0.1, 0.15) is 17.6 Å². The molecule has 208 valence electrons. The molecule has 2 saturated heterocycles. The summed E-state index contributed by atoms with van der Waals surface area (Å²) in [4.78, 5) is 13.5. The van der Waals surface area contributed by atoms with Crippen molar-refractivity contribution in [3.63, 3.8) is 0 Å². The second kappa shape index (κ2) is 11.5. The average Bonchev–Trinajstić information content (AvgIpc) is 2.90. The number of nitrogens with zero attached hydrogens (tertiary/aromatic N) is 2. The van der Waals surface area contributed by atoms with Crippen molar-refractivity contribution in [2.45, 2.75) is 49.4 Å². The highest BCUT2D eigenvalue weighted by Crippen LogP contribution is 2.35. The van der Waals surface area contributed by atoms with Crippen LogP contribution in [0.1, 0.15) is 31.2 Å². The number of halogens is 3. The number of sulfonamides is 1. The molecule has 2 aliphatic rings. The zero-order chi connectivity index (χ0) is 27.4. The van der Waals surface area contributed by atoms with Gasteiger partial charge in [0, 0.05) is 13.1 Å². The number of benzene rings is 2. The molecule has 1 amide bonds. The van der Waals surface area contributed by atoms with Crippen molar-refractivity contribution in [2.75, 3.05) is 26.2 Å². The second-order valence-electron chi connectivity index (χ2n) is 9.33. The summed E-state index contributed by atoms with van der Waals surface area (Å²) < 4.78 is 74.0. The van der Waals surface area contributed by atoms with Crippen LogP contribution in [0.25, 0.3) is 0 Å². The van der Waals surface area contributed by atoms with Crippen LogP contribution in [0.4, 0.5) is 13.2 Å². The maximum absolute atomic E-state index is 13.9. The Kier molecular flexibility index (Phi) is 8.50. The predicted molar refractivity (Wildman–Crippen MR) is 131 cm³/mol. The quantitative estimate of drug-likeness (QED) is 0.379. The molecule has 0 aliphatic carbocycles. The summed E-state index contributed by atoms with van der Waals surface area (Å²) in [5.41, 5.74) is 0.667. The molecule has 0 bridgehead atoms. The highest BCUT2D eigenvalue weighted by molar-refractivity contribution is 7.91. The van der Waals surface area contributed by atoms with Crippen LogP contribution in [-0.2, 0) is 21.4 Å². The van der Waals surface area contributed by atoms with Crippen LogP contribution in [0.2, 0.25) is 0 Å². The number of rotatable bonds is 8. The average molecular weight is 558 g/mol. The normalized spacial score (nSPS) is 19.1. The number of ether oxygens (including phenoxy) is 2. The maximum Gasteiger partial charge on any atom is 0.573 e. The van der Waals surface area contributed by atoms with E-state index in [4.69, 9.17) is 4.74 Å². The van der Waals surface area contributed by atoms with Crippen LogP contribution in [0.3, 0.4) is 0 Å². The molecule has 0 unspecified atom stereocenters. The van der Waals surface area contributed by atoms with E-state index >= 15 is 0 Å². The fourth-order valence-electron chi connectivity index (χ4n) is 4.83. The van der Waals surface area contributed by atoms with Gasteiger partial charge in [0.2, 0.25) is 10.0 Å². The molecule has 0 radical (unpaired) electrons. The molecule has 2 heterocycles. The van der Waals surface area contributed by atoms with Gasteiger partial charge in [-0.2, -0.15) is 0 Å². The van der Waals surface area contributed by atoms with E-state index in [0.29, 0.717) is 42.3 Å². The Labute approximate surface area is 219 Å². The number of hydroxylamine groups is 2. The first-order valence-corrected chi connectivity index (χ1v) is 13.7. The van der Waals surface area contributed by atoms with Gasteiger partial charge in [0.05, 0.1) is 6.54 Å². The molecular formula is C25H30F3N3O6S. The minimum atomic E-state index is -4.79. The molecule has 13 heteroatoms. The lowest BCUT2D eigenvalue weighted by molar-refractivity contribution is -0.274. The van der Waals surface area contributed by atoms with Crippen LogP contribution in [0.5, 0.6) is 11.5 Å². The van der Waals surface area contributed by atoms with E-state index in [0.717, 1.165) is 12.1 Å². The predicted octanol–water partition coefficient (Wildman–Crippen LogP) is 3.30. The SMILES string of the molecule is O=C(N(O)Cc1ccccc1)C1(S(=O)(=O)N2CCC(Oc3ccc(OC(F)(F)F)cc3)CC2)CCNCC1.